The lowest BCUT2D eigenvalue weighted by atomic mass is 10.00. The van der Waals surface area contributed by atoms with Gasteiger partial charge in [-0.1, -0.05) is 0 Å². The molecule has 1 aliphatic rings. The van der Waals surface area contributed by atoms with Crippen LogP contribution in [0.3, 0.4) is 0 Å². The summed E-state index contributed by atoms with van der Waals surface area (Å²) in [6.07, 6.45) is 4.83. The summed E-state index contributed by atoms with van der Waals surface area (Å²) in [6, 6.07) is 5.38. The van der Waals surface area contributed by atoms with E-state index in [0.717, 1.165) is 22.2 Å². The number of nitrogens with zero attached hydrogens (tertiary/aromatic N) is 8. The van der Waals surface area contributed by atoms with Gasteiger partial charge in [0.2, 0.25) is 0 Å². The average molecular weight is 645 g/mol. The van der Waals surface area contributed by atoms with Crippen molar-refractivity contribution in [3.8, 4) is 17.0 Å². The van der Waals surface area contributed by atoms with Crippen LogP contribution in [0, 0.1) is 6.92 Å². The molecule has 47 heavy (non-hydrogen) atoms. The number of aromatic nitrogens is 4. The van der Waals surface area contributed by atoms with E-state index in [1.165, 1.54) is 6.34 Å². The molecule has 4 heterocycles. The Labute approximate surface area is 275 Å². The van der Waals surface area contributed by atoms with E-state index >= 15 is 0 Å². The van der Waals surface area contributed by atoms with E-state index in [1.807, 2.05) is 66.9 Å². The largest absolute Gasteiger partial charge is 0.466 e. The molecule has 1 saturated heterocycles. The molecule has 1 aliphatic heterocycles. The smallest absolute Gasteiger partial charge is 0.410 e. The highest BCUT2D eigenvalue weighted by Crippen LogP contribution is 2.39. The molecular formula is C34H44N8O5. The molecule has 4 aromatic rings. The van der Waals surface area contributed by atoms with E-state index in [4.69, 9.17) is 24.2 Å². The number of carbonyl (C=O) groups excluding carboxylic acids is 2. The first kappa shape index (κ1) is 33.6. The Morgan fingerprint density at radius 1 is 1.13 bits per heavy atom. The summed E-state index contributed by atoms with van der Waals surface area (Å²) < 4.78 is 18.7. The van der Waals surface area contributed by atoms with Gasteiger partial charge in [0, 0.05) is 69.4 Å². The van der Waals surface area contributed by atoms with Crippen LogP contribution in [0.25, 0.3) is 33.2 Å². The van der Waals surface area contributed by atoms with Crippen LogP contribution >= 0.6 is 0 Å². The SMILES string of the molecule is COCOc1c(-c2cc(C(=O)N=CN(C)C)c3cc(N4C[C@@H](C)N(C(=O)OC(C)(C)C)[C@@H](C)C4)cnc3n2)cc2cn(C)nc2c1C. The fourth-order valence-electron chi connectivity index (χ4n) is 5.96. The van der Waals surface area contributed by atoms with Crippen LogP contribution in [0.5, 0.6) is 5.75 Å². The normalized spacial score (nSPS) is 17.1. The Hall–Kier alpha value is -4.78. The summed E-state index contributed by atoms with van der Waals surface area (Å²) in [5, 5.41) is 6.07. The van der Waals surface area contributed by atoms with Crippen molar-refractivity contribution in [3.05, 3.63) is 41.7 Å². The Morgan fingerprint density at radius 3 is 2.47 bits per heavy atom. The topological polar surface area (TPSA) is 128 Å². The number of hydrogen-bond donors (Lipinski definition) is 0. The van der Waals surface area contributed by atoms with Gasteiger partial charge in [-0.25, -0.2) is 14.8 Å². The molecule has 0 saturated carbocycles. The number of rotatable bonds is 7. The molecule has 0 spiro atoms. The maximum atomic E-state index is 13.7. The second-order valence-electron chi connectivity index (χ2n) is 13.3. The zero-order valence-electron chi connectivity index (χ0n) is 28.9. The Balaban J connectivity index is 1.60. The second-order valence-corrected chi connectivity index (χ2v) is 13.3. The standard InChI is InChI=1S/C34H44N8O5/c1-20-15-41(16-21(2)42(20)33(44)47-34(4,5)6)24-12-25-26(32(43)36-18-39(7)8)13-28(37-31(25)35-14-24)27-11-23-17-40(9)38-29(23)22(3)30(27)46-19-45-10/h11-14,17-18,20-21H,15-16,19H2,1-10H3/t20-,21+. The summed E-state index contributed by atoms with van der Waals surface area (Å²) in [4.78, 5) is 46.3. The molecule has 0 bridgehead atoms. The fraction of sp³-hybridized carbons (Fsp3) is 0.471. The van der Waals surface area contributed by atoms with E-state index in [0.29, 0.717) is 46.7 Å². The van der Waals surface area contributed by atoms with Crippen LogP contribution in [0.1, 0.15) is 50.5 Å². The van der Waals surface area contributed by atoms with Crippen molar-refractivity contribution in [1.29, 1.82) is 0 Å². The molecule has 13 nitrogen and oxygen atoms in total. The van der Waals surface area contributed by atoms with E-state index in [9.17, 15) is 9.59 Å². The van der Waals surface area contributed by atoms with Gasteiger partial charge in [0.05, 0.1) is 47.1 Å². The average Bonchev–Trinajstić information content (AvgIpc) is 3.37. The maximum Gasteiger partial charge on any atom is 0.410 e. The molecule has 1 aromatic carbocycles. The monoisotopic (exact) mass is 644 g/mol. The summed E-state index contributed by atoms with van der Waals surface area (Å²) in [7, 11) is 7.03. The van der Waals surface area contributed by atoms with Crippen molar-refractivity contribution in [2.75, 3.05) is 46.0 Å². The molecular weight excluding hydrogens is 600 g/mol. The Morgan fingerprint density at radius 2 is 1.83 bits per heavy atom. The Kier molecular flexibility index (Phi) is 9.39. The molecule has 0 N–H and O–H groups in total. The lowest BCUT2D eigenvalue weighted by Crippen LogP contribution is -2.59. The molecule has 0 unspecified atom stereocenters. The zero-order chi connectivity index (χ0) is 34.2. The number of anilines is 1. The minimum atomic E-state index is -0.584. The number of methoxy groups -OCH3 is 1. The van der Waals surface area contributed by atoms with Gasteiger partial charge in [0.15, 0.2) is 12.4 Å². The molecule has 0 aliphatic carbocycles. The first-order valence-corrected chi connectivity index (χ1v) is 15.6. The van der Waals surface area contributed by atoms with Crippen LogP contribution in [0.15, 0.2) is 35.6 Å². The fourth-order valence-corrected chi connectivity index (χ4v) is 5.96. The third-order valence-electron chi connectivity index (χ3n) is 7.87. The molecule has 1 fully saturated rings. The van der Waals surface area contributed by atoms with Crippen LogP contribution in [-0.2, 0) is 16.5 Å². The number of carbonyl (C=O) groups is 2. The number of fused-ring (bicyclic) bond motifs is 2. The predicted octanol–water partition coefficient (Wildman–Crippen LogP) is 5.04. The van der Waals surface area contributed by atoms with Gasteiger partial charge in [0.25, 0.3) is 5.91 Å². The van der Waals surface area contributed by atoms with Gasteiger partial charge in [-0.2, -0.15) is 10.1 Å². The summed E-state index contributed by atoms with van der Waals surface area (Å²) >= 11 is 0. The number of piperazine rings is 1. The van der Waals surface area contributed by atoms with Crippen molar-refractivity contribution < 1.29 is 23.8 Å². The molecule has 2 atom stereocenters. The van der Waals surface area contributed by atoms with Crippen LogP contribution in [-0.4, -0.2) is 107 Å². The minimum Gasteiger partial charge on any atom is -0.466 e. The molecule has 13 heteroatoms. The summed E-state index contributed by atoms with van der Waals surface area (Å²) in [5.41, 5.74) is 3.79. The predicted molar refractivity (Wildman–Crippen MR) is 182 cm³/mol. The summed E-state index contributed by atoms with van der Waals surface area (Å²) in [5.74, 6) is 0.129. The van der Waals surface area contributed by atoms with Gasteiger partial charge in [-0.05, 0) is 59.7 Å². The number of aliphatic imine (C=N–C) groups is 1. The molecule has 3 aromatic heterocycles. The first-order valence-electron chi connectivity index (χ1n) is 15.6. The number of hydrogen-bond acceptors (Lipinski definition) is 9. The van der Waals surface area contributed by atoms with Gasteiger partial charge in [-0.3, -0.25) is 14.4 Å². The highest BCUT2D eigenvalue weighted by molar-refractivity contribution is 6.09. The lowest BCUT2D eigenvalue weighted by Gasteiger charge is -2.45. The third kappa shape index (κ3) is 7.14. The van der Waals surface area contributed by atoms with Crippen molar-refractivity contribution in [2.24, 2.45) is 12.0 Å². The maximum absolute atomic E-state index is 13.7. The van der Waals surface area contributed by atoms with Crippen molar-refractivity contribution in [2.45, 2.75) is 59.2 Å². The van der Waals surface area contributed by atoms with Gasteiger partial charge in [-0.15, -0.1) is 0 Å². The summed E-state index contributed by atoms with van der Waals surface area (Å²) in [6.45, 7) is 12.7. The van der Waals surface area contributed by atoms with Crippen molar-refractivity contribution >= 4 is 46.0 Å². The second kappa shape index (κ2) is 13.1. The van der Waals surface area contributed by atoms with E-state index in [-0.39, 0.29) is 25.0 Å². The number of benzene rings is 1. The first-order chi connectivity index (χ1) is 22.2. The van der Waals surface area contributed by atoms with E-state index in [2.05, 4.69) is 15.0 Å². The lowest BCUT2D eigenvalue weighted by molar-refractivity contribution is 0.00564. The van der Waals surface area contributed by atoms with Crippen LogP contribution in [0.2, 0.25) is 0 Å². The van der Waals surface area contributed by atoms with Crippen LogP contribution < -0.4 is 9.64 Å². The van der Waals surface area contributed by atoms with E-state index in [1.54, 1.807) is 47.9 Å². The minimum absolute atomic E-state index is 0.0261. The number of amides is 2. The highest BCUT2D eigenvalue weighted by atomic mass is 16.7. The van der Waals surface area contributed by atoms with Crippen LogP contribution in [0.4, 0.5) is 10.5 Å². The van der Waals surface area contributed by atoms with E-state index < -0.39 is 11.5 Å². The number of aryl methyl sites for hydroxylation is 2. The number of pyridine rings is 2. The molecule has 250 valence electrons. The van der Waals surface area contributed by atoms with Gasteiger partial charge >= 0.3 is 6.09 Å². The number of ether oxygens (including phenoxy) is 3. The Bertz CT molecular complexity index is 1830. The third-order valence-corrected chi connectivity index (χ3v) is 7.87. The van der Waals surface area contributed by atoms with Gasteiger partial charge < -0.3 is 24.0 Å². The quantitative estimate of drug-likeness (QED) is 0.153. The highest BCUT2D eigenvalue weighted by Gasteiger charge is 2.36. The van der Waals surface area contributed by atoms with Crippen molar-refractivity contribution in [3.63, 3.8) is 0 Å². The van der Waals surface area contributed by atoms with Crippen molar-refractivity contribution in [1.82, 2.24) is 29.5 Å². The molecule has 2 amide bonds. The zero-order valence-corrected chi connectivity index (χ0v) is 28.9. The molecule has 5 rings (SSSR count). The van der Waals surface area contributed by atoms with Gasteiger partial charge in [0.1, 0.15) is 11.4 Å². The molecule has 0 radical (unpaired) electrons.